The zero-order valence-corrected chi connectivity index (χ0v) is 37.1. The van der Waals surface area contributed by atoms with E-state index in [9.17, 15) is 28.9 Å². The molecule has 0 aromatic rings. The molecule has 0 aromatic carbocycles. The van der Waals surface area contributed by atoms with E-state index in [2.05, 4.69) is 72.2 Å². The van der Waals surface area contributed by atoms with Crippen LogP contribution in [-0.2, 0) is 37.5 Å². The number of aliphatic carboxylic acids is 1. The third kappa shape index (κ3) is 41.4. The first kappa shape index (κ1) is 55.9. The van der Waals surface area contributed by atoms with Crippen molar-refractivity contribution in [2.45, 2.75) is 180 Å². The highest BCUT2D eigenvalue weighted by Gasteiger charge is 2.28. The number of nitrogens with two attached hydrogens (primary N) is 1. The van der Waals surface area contributed by atoms with Crippen molar-refractivity contribution in [2.75, 3.05) is 19.8 Å². The molecule has 0 heterocycles. The van der Waals surface area contributed by atoms with Crippen LogP contribution in [0.5, 0.6) is 0 Å². The predicted octanol–water partition coefficient (Wildman–Crippen LogP) is 10.7. The molecule has 59 heavy (non-hydrogen) atoms. The van der Waals surface area contributed by atoms with Gasteiger partial charge < -0.3 is 30.3 Å². The molecular weight excluding hydrogens is 773 g/mol. The molecule has 1 unspecified atom stereocenters. The minimum absolute atomic E-state index is 0.0682. The molecule has 0 saturated carbocycles. The number of phosphoric acid groups is 1. The second-order valence-corrected chi connectivity index (χ2v) is 16.2. The highest BCUT2D eigenvalue weighted by Crippen LogP contribution is 2.43. The average molecular weight is 852 g/mol. The number of carbonyl (C=O) groups excluding carboxylic acids is 2. The van der Waals surface area contributed by atoms with E-state index in [-0.39, 0.29) is 25.6 Å². The third-order valence-electron chi connectivity index (χ3n) is 8.95. The molecule has 4 atom stereocenters. The molecule has 338 valence electrons. The predicted molar refractivity (Wildman–Crippen MR) is 237 cm³/mol. The molecule has 0 aliphatic heterocycles. The summed E-state index contributed by atoms with van der Waals surface area (Å²) in [6.07, 6.45) is 45.3. The monoisotopic (exact) mass is 852 g/mol. The molecule has 0 spiro atoms. The Bertz CT molecular complexity index is 1290. The third-order valence-corrected chi connectivity index (χ3v) is 9.90. The van der Waals surface area contributed by atoms with Crippen LogP contribution < -0.4 is 5.73 Å². The molecule has 12 nitrogen and oxygen atoms in total. The second kappa shape index (κ2) is 40.3. The van der Waals surface area contributed by atoms with Gasteiger partial charge in [0, 0.05) is 12.8 Å². The Morgan fingerprint density at radius 3 is 1.56 bits per heavy atom. The van der Waals surface area contributed by atoms with Crippen LogP contribution in [-0.4, -0.2) is 71.1 Å². The number of rotatable bonds is 40. The van der Waals surface area contributed by atoms with Gasteiger partial charge in [-0.15, -0.1) is 0 Å². The van der Waals surface area contributed by atoms with Gasteiger partial charge in [-0.1, -0.05) is 125 Å². The van der Waals surface area contributed by atoms with Crippen LogP contribution in [0.25, 0.3) is 0 Å². The zero-order valence-electron chi connectivity index (χ0n) is 36.2. The van der Waals surface area contributed by atoms with Gasteiger partial charge in [-0.2, -0.15) is 0 Å². The van der Waals surface area contributed by atoms with Gasteiger partial charge in [0.15, 0.2) is 6.10 Å². The van der Waals surface area contributed by atoms with E-state index in [1.165, 1.54) is 38.5 Å². The Morgan fingerprint density at radius 2 is 1.03 bits per heavy atom. The fourth-order valence-corrected chi connectivity index (χ4v) is 6.24. The molecule has 0 aliphatic rings. The quantitative estimate of drug-likeness (QED) is 0.0198. The number of hydrogen-bond acceptors (Lipinski definition) is 10. The number of phosphoric ester groups is 1. The van der Waals surface area contributed by atoms with Crippen LogP contribution in [0.4, 0.5) is 0 Å². The summed E-state index contributed by atoms with van der Waals surface area (Å²) in [6.45, 7) is 2.25. The molecule has 0 aliphatic carbocycles. The second-order valence-electron chi connectivity index (χ2n) is 14.8. The molecule has 0 radical (unpaired) electrons. The van der Waals surface area contributed by atoms with Crippen molar-refractivity contribution in [3.05, 3.63) is 72.9 Å². The number of carbonyl (C=O) groups is 3. The lowest BCUT2D eigenvalue weighted by Gasteiger charge is -2.20. The lowest BCUT2D eigenvalue weighted by atomic mass is 10.1. The van der Waals surface area contributed by atoms with Crippen molar-refractivity contribution in [3.63, 3.8) is 0 Å². The minimum atomic E-state index is -4.74. The first-order valence-corrected chi connectivity index (χ1v) is 23.5. The number of carboxylic acids is 1. The number of allylic oxidation sites excluding steroid dienone is 12. The lowest BCUT2D eigenvalue weighted by molar-refractivity contribution is -0.161. The molecule has 0 bridgehead atoms. The van der Waals surface area contributed by atoms with Crippen molar-refractivity contribution in [1.29, 1.82) is 0 Å². The summed E-state index contributed by atoms with van der Waals surface area (Å²) in [5.74, 6) is -2.49. The van der Waals surface area contributed by atoms with E-state index in [4.69, 9.17) is 24.8 Å². The number of carboxylic acid groups (broad SMARTS) is 1. The van der Waals surface area contributed by atoms with Crippen LogP contribution in [0, 0.1) is 0 Å². The summed E-state index contributed by atoms with van der Waals surface area (Å²) < 4.78 is 32.6. The number of aliphatic hydroxyl groups is 1. The topological polar surface area (TPSA) is 192 Å². The van der Waals surface area contributed by atoms with Crippen molar-refractivity contribution in [2.24, 2.45) is 5.73 Å². The maximum atomic E-state index is 12.6. The largest absolute Gasteiger partial charge is 0.480 e. The van der Waals surface area contributed by atoms with Gasteiger partial charge in [0.25, 0.3) is 0 Å². The average Bonchev–Trinajstić information content (AvgIpc) is 3.20. The minimum Gasteiger partial charge on any atom is -0.480 e. The molecule has 0 fully saturated rings. The van der Waals surface area contributed by atoms with E-state index in [1.54, 1.807) is 0 Å². The fourth-order valence-electron chi connectivity index (χ4n) is 5.46. The number of esters is 2. The Labute approximate surface area is 355 Å². The maximum Gasteiger partial charge on any atom is 0.472 e. The van der Waals surface area contributed by atoms with Crippen LogP contribution in [0.1, 0.15) is 162 Å². The summed E-state index contributed by atoms with van der Waals surface area (Å²) >= 11 is 0. The molecule has 0 amide bonds. The molecular formula is C46H78NO11P. The van der Waals surface area contributed by atoms with Gasteiger partial charge in [0.05, 0.1) is 19.3 Å². The van der Waals surface area contributed by atoms with Crippen molar-refractivity contribution >= 4 is 25.7 Å². The molecule has 0 saturated heterocycles. The van der Waals surface area contributed by atoms with E-state index >= 15 is 0 Å². The lowest BCUT2D eigenvalue weighted by Crippen LogP contribution is -2.34. The summed E-state index contributed by atoms with van der Waals surface area (Å²) in [4.78, 5) is 46.0. The van der Waals surface area contributed by atoms with E-state index in [0.29, 0.717) is 19.3 Å². The van der Waals surface area contributed by atoms with Gasteiger partial charge in [0.2, 0.25) is 0 Å². The Balaban J connectivity index is 4.48. The number of unbranched alkanes of at least 4 members (excludes halogenated alkanes) is 12. The van der Waals surface area contributed by atoms with Crippen molar-refractivity contribution < 1.29 is 52.6 Å². The van der Waals surface area contributed by atoms with Crippen LogP contribution in [0.2, 0.25) is 0 Å². The molecule has 5 N–H and O–H groups in total. The van der Waals surface area contributed by atoms with E-state index < -0.39 is 51.1 Å². The first-order chi connectivity index (χ1) is 28.5. The van der Waals surface area contributed by atoms with E-state index in [0.717, 1.165) is 77.0 Å². The normalized spacial score (nSPS) is 14.9. The summed E-state index contributed by atoms with van der Waals surface area (Å²) in [6, 6.07) is -1.54. The van der Waals surface area contributed by atoms with Gasteiger partial charge in [-0.3, -0.25) is 23.4 Å². The number of hydrogen-bond donors (Lipinski definition) is 4. The van der Waals surface area contributed by atoms with E-state index in [1.807, 2.05) is 19.1 Å². The van der Waals surface area contributed by atoms with Crippen LogP contribution in [0.15, 0.2) is 72.9 Å². The molecule has 0 aromatic heterocycles. The molecule has 13 heteroatoms. The Hall–Kier alpha value is -3.12. The smallest absolute Gasteiger partial charge is 0.472 e. The maximum absolute atomic E-state index is 12.6. The van der Waals surface area contributed by atoms with Crippen LogP contribution >= 0.6 is 7.82 Å². The SMILES string of the molecule is CCCCC/C=C\C/C=C\CCCCCCCCCC(=O)OC[C@H](COP(=O)(O)OC[C@H](N)C(=O)O)OC(=O)CCC/C=C\C/C=C\C/C=C\C/C=C\CCC[C@H](C)O. The summed E-state index contributed by atoms with van der Waals surface area (Å²) in [5.41, 5.74) is 5.33. The summed E-state index contributed by atoms with van der Waals surface area (Å²) in [7, 11) is -4.74. The van der Waals surface area contributed by atoms with Gasteiger partial charge in [-0.25, -0.2) is 4.57 Å². The van der Waals surface area contributed by atoms with Crippen molar-refractivity contribution in [1.82, 2.24) is 0 Å². The van der Waals surface area contributed by atoms with Crippen molar-refractivity contribution in [3.8, 4) is 0 Å². The number of aliphatic hydroxyl groups excluding tert-OH is 1. The van der Waals surface area contributed by atoms with Gasteiger partial charge in [-0.05, 0) is 96.8 Å². The Kier molecular flexibility index (Phi) is 38.2. The fraction of sp³-hybridized carbons (Fsp3) is 0.674. The first-order valence-electron chi connectivity index (χ1n) is 22.0. The summed E-state index contributed by atoms with van der Waals surface area (Å²) in [5, 5.41) is 18.2. The molecule has 0 rings (SSSR count). The highest BCUT2D eigenvalue weighted by molar-refractivity contribution is 7.47. The van der Waals surface area contributed by atoms with Gasteiger partial charge in [0.1, 0.15) is 12.6 Å². The van der Waals surface area contributed by atoms with Gasteiger partial charge >= 0.3 is 25.7 Å². The Morgan fingerprint density at radius 1 is 0.593 bits per heavy atom. The standard InChI is InChI=1S/C46H78NO11P/c1-3-4-5-6-7-8-9-10-11-12-15-18-21-24-27-30-33-36-44(49)55-38-42(39-56-59(53,54)57-40-43(47)46(51)52)58-45(50)37-34-31-28-25-22-19-16-13-14-17-20-23-26-29-32-35-41(2)48/h7-8,10-11,14,16-17,19,23,25-26,28,41-43,48H,3-6,9,12-13,15,18,20-22,24,27,29-40,47H2,1-2H3,(H,51,52)(H,53,54)/b8-7-,11-10-,17-14-,19-16-,26-23-,28-25-/t41-,42+,43-/m0/s1. The highest BCUT2D eigenvalue weighted by atomic mass is 31.2. The zero-order chi connectivity index (χ0) is 43.7. The van der Waals surface area contributed by atoms with Crippen LogP contribution in [0.3, 0.4) is 0 Å². The number of ether oxygens (including phenoxy) is 2.